The molecule has 2 rings (SSSR count). The van der Waals surface area contributed by atoms with Crippen molar-refractivity contribution in [3.63, 3.8) is 0 Å². The molecule has 17 heavy (non-hydrogen) atoms. The molecule has 0 saturated carbocycles. The number of piperidine rings is 1. The lowest BCUT2D eigenvalue weighted by molar-refractivity contribution is 0.255. The molecular weight excluding hydrogens is 210 g/mol. The minimum absolute atomic E-state index is 0.461. The predicted octanol–water partition coefficient (Wildman–Crippen LogP) is 2.81. The highest BCUT2D eigenvalue weighted by Gasteiger charge is 2.29. The molecule has 0 radical (unpaired) electrons. The van der Waals surface area contributed by atoms with Gasteiger partial charge in [0.05, 0.1) is 6.20 Å². The molecular formula is C14H25N3. The van der Waals surface area contributed by atoms with Crippen molar-refractivity contribution < 1.29 is 0 Å². The van der Waals surface area contributed by atoms with Crippen LogP contribution in [0.15, 0.2) is 12.4 Å². The van der Waals surface area contributed by atoms with Crippen molar-refractivity contribution in [2.75, 3.05) is 13.1 Å². The highest BCUT2D eigenvalue weighted by molar-refractivity contribution is 5.15. The molecule has 0 aromatic carbocycles. The van der Waals surface area contributed by atoms with Crippen LogP contribution in [0.25, 0.3) is 0 Å². The molecule has 0 aliphatic carbocycles. The molecule has 1 fully saturated rings. The van der Waals surface area contributed by atoms with Gasteiger partial charge in [-0.25, -0.2) is 0 Å². The first kappa shape index (κ1) is 12.6. The molecule has 1 saturated heterocycles. The maximum absolute atomic E-state index is 4.48. The molecule has 2 unspecified atom stereocenters. The maximum Gasteiger partial charge on any atom is 0.0524 e. The van der Waals surface area contributed by atoms with Crippen molar-refractivity contribution in [1.29, 1.82) is 0 Å². The zero-order chi connectivity index (χ0) is 12.4. The van der Waals surface area contributed by atoms with E-state index in [1.807, 2.05) is 0 Å². The van der Waals surface area contributed by atoms with Gasteiger partial charge in [-0.2, -0.15) is 5.10 Å². The lowest BCUT2D eigenvalue weighted by Gasteiger charge is -2.34. The summed E-state index contributed by atoms with van der Waals surface area (Å²) in [6, 6.07) is 0.461. The number of hydrogen-bond acceptors (Lipinski definition) is 2. The van der Waals surface area contributed by atoms with E-state index >= 15 is 0 Å². The molecule has 0 amide bonds. The summed E-state index contributed by atoms with van der Waals surface area (Å²) in [6.45, 7) is 11.3. The van der Waals surface area contributed by atoms with E-state index in [2.05, 4.69) is 55.2 Å². The lowest BCUT2D eigenvalue weighted by atomic mass is 9.76. The molecule has 3 heteroatoms. The van der Waals surface area contributed by atoms with E-state index in [1.165, 1.54) is 12.0 Å². The fourth-order valence-electron chi connectivity index (χ4n) is 2.82. The van der Waals surface area contributed by atoms with Crippen LogP contribution in [0.1, 0.15) is 51.6 Å². The zero-order valence-corrected chi connectivity index (χ0v) is 11.5. The van der Waals surface area contributed by atoms with Gasteiger partial charge in [-0.3, -0.25) is 4.68 Å². The van der Waals surface area contributed by atoms with Gasteiger partial charge in [0, 0.05) is 12.2 Å². The van der Waals surface area contributed by atoms with Gasteiger partial charge in [-0.05, 0) is 56.7 Å². The van der Waals surface area contributed by atoms with Gasteiger partial charge < -0.3 is 5.32 Å². The molecule has 1 aromatic rings. The Morgan fingerprint density at radius 3 is 2.71 bits per heavy atom. The summed E-state index contributed by atoms with van der Waals surface area (Å²) < 4.78 is 2.08. The van der Waals surface area contributed by atoms with E-state index in [9.17, 15) is 0 Å². The van der Waals surface area contributed by atoms with Crippen LogP contribution in [-0.2, 0) is 0 Å². The molecule has 0 bridgehead atoms. The number of nitrogens with zero attached hydrogens (tertiary/aromatic N) is 2. The molecule has 1 N–H and O–H groups in total. The minimum Gasteiger partial charge on any atom is -0.316 e. The minimum atomic E-state index is 0.461. The zero-order valence-electron chi connectivity index (χ0n) is 11.5. The summed E-state index contributed by atoms with van der Waals surface area (Å²) in [5, 5.41) is 8.00. The third-order valence-electron chi connectivity index (χ3n) is 3.96. The van der Waals surface area contributed by atoms with Crippen molar-refractivity contribution in [2.45, 2.75) is 46.1 Å². The van der Waals surface area contributed by atoms with Gasteiger partial charge in [-0.15, -0.1) is 0 Å². The Hall–Kier alpha value is -0.830. The Bertz CT molecular complexity index is 354. The van der Waals surface area contributed by atoms with Gasteiger partial charge in [0.25, 0.3) is 0 Å². The van der Waals surface area contributed by atoms with Gasteiger partial charge in [0.2, 0.25) is 0 Å². The van der Waals surface area contributed by atoms with E-state index < -0.39 is 0 Å². The Morgan fingerprint density at radius 2 is 2.12 bits per heavy atom. The van der Waals surface area contributed by atoms with Crippen molar-refractivity contribution in [1.82, 2.24) is 15.1 Å². The summed E-state index contributed by atoms with van der Waals surface area (Å²) in [4.78, 5) is 0. The van der Waals surface area contributed by atoms with Gasteiger partial charge in [0.1, 0.15) is 0 Å². The number of aromatic nitrogens is 2. The second-order valence-corrected chi connectivity index (χ2v) is 5.85. The first-order valence-electron chi connectivity index (χ1n) is 6.84. The van der Waals surface area contributed by atoms with Crippen molar-refractivity contribution in [2.24, 2.45) is 11.8 Å². The fourth-order valence-corrected chi connectivity index (χ4v) is 2.82. The molecule has 3 nitrogen and oxygen atoms in total. The van der Waals surface area contributed by atoms with Crippen LogP contribution in [0.4, 0.5) is 0 Å². The summed E-state index contributed by atoms with van der Waals surface area (Å²) in [5.41, 5.74) is 1.43. The van der Waals surface area contributed by atoms with Gasteiger partial charge >= 0.3 is 0 Å². The van der Waals surface area contributed by atoms with E-state index in [0.717, 1.165) is 24.9 Å². The van der Waals surface area contributed by atoms with E-state index in [-0.39, 0.29) is 0 Å². The Balaban J connectivity index is 2.17. The standard InChI is InChI=1S/C14H25N3/c1-10(2)14-8-15-6-5-13(14)12-7-16-17(9-12)11(3)4/h7,9-11,13-15H,5-6,8H2,1-4H3. The van der Waals surface area contributed by atoms with Crippen LogP contribution >= 0.6 is 0 Å². The molecule has 1 aromatic heterocycles. The van der Waals surface area contributed by atoms with Crippen molar-refractivity contribution in [3.05, 3.63) is 18.0 Å². The first-order valence-corrected chi connectivity index (χ1v) is 6.84. The second-order valence-electron chi connectivity index (χ2n) is 5.85. The molecule has 2 atom stereocenters. The Morgan fingerprint density at radius 1 is 1.35 bits per heavy atom. The quantitative estimate of drug-likeness (QED) is 0.873. The maximum atomic E-state index is 4.48. The Labute approximate surface area is 105 Å². The highest BCUT2D eigenvalue weighted by atomic mass is 15.3. The molecule has 2 heterocycles. The summed E-state index contributed by atoms with van der Waals surface area (Å²) in [5.74, 6) is 2.16. The van der Waals surface area contributed by atoms with Crippen LogP contribution in [0.3, 0.4) is 0 Å². The number of rotatable bonds is 3. The van der Waals surface area contributed by atoms with Crippen LogP contribution < -0.4 is 5.32 Å². The molecule has 96 valence electrons. The molecule has 1 aliphatic heterocycles. The topological polar surface area (TPSA) is 29.9 Å². The van der Waals surface area contributed by atoms with Crippen LogP contribution in [0.5, 0.6) is 0 Å². The van der Waals surface area contributed by atoms with Crippen molar-refractivity contribution >= 4 is 0 Å². The van der Waals surface area contributed by atoms with Crippen LogP contribution in [-0.4, -0.2) is 22.9 Å². The van der Waals surface area contributed by atoms with E-state index in [1.54, 1.807) is 0 Å². The first-order chi connectivity index (χ1) is 8.09. The fraction of sp³-hybridized carbons (Fsp3) is 0.786. The van der Waals surface area contributed by atoms with Gasteiger partial charge in [0.15, 0.2) is 0 Å². The third-order valence-corrected chi connectivity index (χ3v) is 3.96. The smallest absolute Gasteiger partial charge is 0.0524 e. The third kappa shape index (κ3) is 2.71. The van der Waals surface area contributed by atoms with E-state index in [0.29, 0.717) is 12.0 Å². The lowest BCUT2D eigenvalue weighted by Crippen LogP contribution is -2.37. The van der Waals surface area contributed by atoms with E-state index in [4.69, 9.17) is 0 Å². The average molecular weight is 235 g/mol. The highest BCUT2D eigenvalue weighted by Crippen LogP contribution is 2.34. The SMILES string of the molecule is CC(C)C1CNCCC1c1cnn(C(C)C)c1. The number of nitrogens with one attached hydrogen (secondary N) is 1. The van der Waals surface area contributed by atoms with Crippen LogP contribution in [0, 0.1) is 11.8 Å². The monoisotopic (exact) mass is 235 g/mol. The predicted molar refractivity (Wildman–Crippen MR) is 71.2 cm³/mol. The largest absolute Gasteiger partial charge is 0.316 e. The van der Waals surface area contributed by atoms with Crippen molar-refractivity contribution in [3.8, 4) is 0 Å². The normalized spacial score (nSPS) is 25.8. The Kier molecular flexibility index (Phi) is 3.87. The summed E-state index contributed by atoms with van der Waals surface area (Å²) >= 11 is 0. The van der Waals surface area contributed by atoms with Gasteiger partial charge in [-0.1, -0.05) is 13.8 Å². The number of hydrogen-bond donors (Lipinski definition) is 1. The molecule has 1 aliphatic rings. The second kappa shape index (κ2) is 5.21. The van der Waals surface area contributed by atoms with Crippen LogP contribution in [0.2, 0.25) is 0 Å². The molecule has 0 spiro atoms. The summed E-state index contributed by atoms with van der Waals surface area (Å²) in [7, 11) is 0. The average Bonchev–Trinajstić information content (AvgIpc) is 2.78. The summed E-state index contributed by atoms with van der Waals surface area (Å²) in [6.07, 6.45) is 5.56.